The van der Waals surface area contributed by atoms with Gasteiger partial charge in [-0.25, -0.2) is 0 Å². The van der Waals surface area contributed by atoms with E-state index in [0.29, 0.717) is 21.8 Å². The average molecular weight is 381 g/mol. The highest BCUT2D eigenvalue weighted by Gasteiger charge is 2.51. The number of carbonyl (C=O) groups is 1. The van der Waals surface area contributed by atoms with Gasteiger partial charge in [-0.2, -0.15) is 0 Å². The van der Waals surface area contributed by atoms with Gasteiger partial charge in [0.1, 0.15) is 6.61 Å². The summed E-state index contributed by atoms with van der Waals surface area (Å²) < 4.78 is 10.2. The maximum absolute atomic E-state index is 12.8. The molecule has 0 saturated heterocycles. The molecule has 1 aromatic carbocycles. The van der Waals surface area contributed by atoms with Gasteiger partial charge in [0, 0.05) is 35.7 Å². The highest BCUT2D eigenvalue weighted by atomic mass is 35.5. The van der Waals surface area contributed by atoms with Gasteiger partial charge < -0.3 is 19.7 Å². The lowest BCUT2D eigenvalue weighted by molar-refractivity contribution is -0.161. The number of halogens is 1. The summed E-state index contributed by atoms with van der Waals surface area (Å²) in [6.07, 6.45) is 0.134. The van der Waals surface area contributed by atoms with Crippen molar-refractivity contribution in [3.63, 3.8) is 0 Å². The van der Waals surface area contributed by atoms with E-state index in [1.54, 1.807) is 31.2 Å². The maximum atomic E-state index is 12.8. The number of hydrogen-bond donors (Lipinski definition) is 3. The lowest BCUT2D eigenvalue weighted by Crippen LogP contribution is -2.50. The summed E-state index contributed by atoms with van der Waals surface area (Å²) in [6, 6.07) is 6.88. The van der Waals surface area contributed by atoms with Crippen molar-refractivity contribution in [3.05, 3.63) is 56.5 Å². The van der Waals surface area contributed by atoms with Crippen molar-refractivity contribution >= 4 is 17.6 Å². The lowest BCUT2D eigenvalue weighted by Gasteiger charge is -2.40. The first-order chi connectivity index (χ1) is 12.3. The van der Waals surface area contributed by atoms with Gasteiger partial charge >= 0.3 is 5.97 Å². The normalized spacial score (nSPS) is 24.9. The SMILES string of the molecule is COCCOC(=O)C1C(c2ccc(Cl)cc2)c2c([nH][nH]c2=O)CC1(C)O. The summed E-state index contributed by atoms with van der Waals surface area (Å²) in [7, 11) is 1.51. The molecule has 3 atom stereocenters. The van der Waals surface area contributed by atoms with Crippen LogP contribution in [-0.4, -0.2) is 47.2 Å². The molecule has 1 aliphatic carbocycles. The number of methoxy groups -OCH3 is 1. The zero-order valence-electron chi connectivity index (χ0n) is 14.5. The van der Waals surface area contributed by atoms with E-state index in [1.807, 2.05) is 0 Å². The van der Waals surface area contributed by atoms with Crippen LogP contribution in [0.3, 0.4) is 0 Å². The molecule has 0 amide bonds. The zero-order chi connectivity index (χ0) is 18.9. The average Bonchev–Trinajstić information content (AvgIpc) is 2.94. The molecule has 1 heterocycles. The summed E-state index contributed by atoms with van der Waals surface area (Å²) in [5.41, 5.74) is 0.0139. The molecule has 3 N–H and O–H groups in total. The Bertz CT molecular complexity index is 840. The Morgan fingerprint density at radius 2 is 2.00 bits per heavy atom. The second kappa shape index (κ2) is 7.26. The van der Waals surface area contributed by atoms with E-state index in [9.17, 15) is 14.7 Å². The Hall–Kier alpha value is -2.09. The van der Waals surface area contributed by atoms with Crippen LogP contribution >= 0.6 is 11.6 Å². The molecule has 26 heavy (non-hydrogen) atoms. The summed E-state index contributed by atoms with van der Waals surface area (Å²) in [4.78, 5) is 25.2. The van der Waals surface area contributed by atoms with Crippen molar-refractivity contribution in [2.75, 3.05) is 20.3 Å². The number of aromatic amines is 2. The number of aromatic nitrogens is 2. The molecule has 8 heteroatoms. The number of hydrogen-bond acceptors (Lipinski definition) is 5. The molecule has 0 aliphatic heterocycles. The number of esters is 1. The second-order valence-electron chi connectivity index (χ2n) is 6.67. The summed E-state index contributed by atoms with van der Waals surface area (Å²) in [5.74, 6) is -2.17. The fourth-order valence-corrected chi connectivity index (χ4v) is 3.73. The fourth-order valence-electron chi connectivity index (χ4n) is 3.60. The molecule has 3 rings (SSSR count). The zero-order valence-corrected chi connectivity index (χ0v) is 15.3. The Morgan fingerprint density at radius 3 is 2.65 bits per heavy atom. The van der Waals surface area contributed by atoms with Crippen LogP contribution in [0.5, 0.6) is 0 Å². The lowest BCUT2D eigenvalue weighted by atomic mass is 9.66. The van der Waals surface area contributed by atoms with E-state index < -0.39 is 23.4 Å². The van der Waals surface area contributed by atoms with Crippen LogP contribution in [0, 0.1) is 5.92 Å². The number of benzene rings is 1. The molecule has 2 aromatic rings. The molecular weight excluding hydrogens is 360 g/mol. The van der Waals surface area contributed by atoms with Crippen LogP contribution in [0.15, 0.2) is 29.1 Å². The summed E-state index contributed by atoms with van der Waals surface area (Å²) in [5, 5.41) is 16.9. The Labute approximate surface area is 155 Å². The quantitative estimate of drug-likeness (QED) is 0.540. The molecule has 0 radical (unpaired) electrons. The van der Waals surface area contributed by atoms with Crippen LogP contribution in [0.25, 0.3) is 0 Å². The third-order valence-corrected chi connectivity index (χ3v) is 5.01. The van der Waals surface area contributed by atoms with Crippen molar-refractivity contribution in [2.45, 2.75) is 24.9 Å². The monoisotopic (exact) mass is 380 g/mol. The standard InChI is InChI=1S/C18H21ClN2O5/c1-18(24)9-12-14(16(22)21-20-12)13(10-3-5-11(19)6-4-10)15(18)17(23)26-8-7-25-2/h3-6,13,15,24H,7-9H2,1-2H3,(H2,20,21,22). The molecule has 3 unspecified atom stereocenters. The molecule has 1 aliphatic rings. The Kier molecular flexibility index (Phi) is 5.22. The van der Waals surface area contributed by atoms with E-state index >= 15 is 0 Å². The summed E-state index contributed by atoms with van der Waals surface area (Å²) >= 11 is 5.97. The highest BCUT2D eigenvalue weighted by Crippen LogP contribution is 2.44. The smallest absolute Gasteiger partial charge is 0.312 e. The van der Waals surface area contributed by atoms with Gasteiger partial charge in [-0.15, -0.1) is 0 Å². The van der Waals surface area contributed by atoms with Crippen LogP contribution in [-0.2, 0) is 20.7 Å². The van der Waals surface area contributed by atoms with Crippen molar-refractivity contribution < 1.29 is 19.4 Å². The van der Waals surface area contributed by atoms with Gasteiger partial charge in [0.05, 0.1) is 18.1 Å². The van der Waals surface area contributed by atoms with Gasteiger partial charge in [0.25, 0.3) is 5.56 Å². The molecule has 1 aromatic heterocycles. The van der Waals surface area contributed by atoms with Crippen molar-refractivity contribution in [1.29, 1.82) is 0 Å². The molecule has 0 bridgehead atoms. The first-order valence-corrected chi connectivity index (χ1v) is 8.66. The van der Waals surface area contributed by atoms with Gasteiger partial charge in [-0.05, 0) is 24.6 Å². The van der Waals surface area contributed by atoms with Gasteiger partial charge in [-0.1, -0.05) is 23.7 Å². The van der Waals surface area contributed by atoms with E-state index in [-0.39, 0.29) is 25.2 Å². The van der Waals surface area contributed by atoms with Crippen LogP contribution in [0.4, 0.5) is 0 Å². The highest BCUT2D eigenvalue weighted by molar-refractivity contribution is 6.30. The molecular formula is C18H21ClN2O5. The molecule has 140 valence electrons. The van der Waals surface area contributed by atoms with E-state index in [4.69, 9.17) is 21.1 Å². The van der Waals surface area contributed by atoms with Gasteiger partial charge in [0.2, 0.25) is 0 Å². The van der Waals surface area contributed by atoms with Crippen LogP contribution in [0.1, 0.15) is 29.7 Å². The van der Waals surface area contributed by atoms with E-state index in [0.717, 1.165) is 0 Å². The number of ether oxygens (including phenoxy) is 2. The largest absolute Gasteiger partial charge is 0.463 e. The number of fused-ring (bicyclic) bond motifs is 1. The van der Waals surface area contributed by atoms with Gasteiger partial charge in [0.15, 0.2) is 0 Å². The van der Waals surface area contributed by atoms with Crippen LogP contribution in [0.2, 0.25) is 5.02 Å². The predicted molar refractivity (Wildman–Crippen MR) is 95.4 cm³/mol. The fraction of sp³-hybridized carbons (Fsp3) is 0.444. The number of aliphatic hydroxyl groups is 1. The Balaban J connectivity index is 2.08. The first-order valence-electron chi connectivity index (χ1n) is 8.28. The minimum atomic E-state index is -1.40. The summed E-state index contributed by atoms with van der Waals surface area (Å²) in [6.45, 7) is 1.90. The third-order valence-electron chi connectivity index (χ3n) is 4.76. The third kappa shape index (κ3) is 3.42. The van der Waals surface area contributed by atoms with Crippen molar-refractivity contribution in [3.8, 4) is 0 Å². The second-order valence-corrected chi connectivity index (χ2v) is 7.11. The number of H-pyrrole nitrogens is 2. The van der Waals surface area contributed by atoms with Gasteiger partial charge in [-0.3, -0.25) is 14.7 Å². The first kappa shape index (κ1) is 18.7. The van der Waals surface area contributed by atoms with E-state index in [2.05, 4.69) is 10.2 Å². The van der Waals surface area contributed by atoms with Crippen molar-refractivity contribution in [2.24, 2.45) is 5.92 Å². The topological polar surface area (TPSA) is 104 Å². The minimum absolute atomic E-state index is 0.0750. The maximum Gasteiger partial charge on any atom is 0.312 e. The molecule has 0 saturated carbocycles. The Morgan fingerprint density at radius 1 is 1.31 bits per heavy atom. The number of rotatable bonds is 5. The van der Waals surface area contributed by atoms with Crippen molar-refractivity contribution in [1.82, 2.24) is 10.2 Å². The number of nitrogens with one attached hydrogen (secondary N) is 2. The predicted octanol–water partition coefficient (Wildman–Crippen LogP) is 1.60. The van der Waals surface area contributed by atoms with Crippen LogP contribution < -0.4 is 5.56 Å². The molecule has 0 spiro atoms. The molecule has 7 nitrogen and oxygen atoms in total. The minimum Gasteiger partial charge on any atom is -0.463 e. The van der Waals surface area contributed by atoms with E-state index in [1.165, 1.54) is 7.11 Å². The molecule has 0 fully saturated rings. The number of carbonyl (C=O) groups excluding carboxylic acids is 1.